The van der Waals surface area contributed by atoms with Crippen LogP contribution >= 0.6 is 0 Å². The highest BCUT2D eigenvalue weighted by atomic mass is 16.6. The average molecular weight is 342 g/mol. The van der Waals surface area contributed by atoms with Gasteiger partial charge in [0.25, 0.3) is 0 Å². The average Bonchev–Trinajstić information content (AvgIpc) is 2.42. The molecule has 0 bridgehead atoms. The second kappa shape index (κ2) is 8.47. The Morgan fingerprint density at radius 2 is 1.38 bits per heavy atom. The summed E-state index contributed by atoms with van der Waals surface area (Å²) in [4.78, 5) is 45.3. The van der Waals surface area contributed by atoms with Crippen molar-refractivity contribution in [3.05, 3.63) is 12.2 Å². The molecule has 8 heteroatoms. The second-order valence-electron chi connectivity index (χ2n) is 5.60. The minimum absolute atomic E-state index is 0.0448. The summed E-state index contributed by atoms with van der Waals surface area (Å²) in [5.74, 6) is -2.78. The molecule has 1 aliphatic rings. The van der Waals surface area contributed by atoms with Gasteiger partial charge in [0.05, 0.1) is 6.61 Å². The Balaban J connectivity index is 3.13. The number of esters is 4. The van der Waals surface area contributed by atoms with E-state index in [1.165, 1.54) is 27.7 Å². The maximum Gasteiger partial charge on any atom is 0.303 e. The van der Waals surface area contributed by atoms with Crippen LogP contribution in [0, 0.1) is 5.92 Å². The molecule has 0 aromatic heterocycles. The van der Waals surface area contributed by atoms with Gasteiger partial charge in [-0.1, -0.05) is 6.58 Å². The van der Waals surface area contributed by atoms with Crippen LogP contribution in [0.2, 0.25) is 0 Å². The van der Waals surface area contributed by atoms with E-state index in [1.807, 2.05) is 0 Å². The Labute approximate surface area is 140 Å². The number of carbonyl (C=O) groups is 4. The van der Waals surface area contributed by atoms with Crippen molar-refractivity contribution in [1.29, 1.82) is 0 Å². The molecule has 0 spiro atoms. The molecule has 1 aliphatic carbocycles. The first kappa shape index (κ1) is 19.7. The first-order chi connectivity index (χ1) is 11.1. The van der Waals surface area contributed by atoms with Crippen molar-refractivity contribution in [2.45, 2.75) is 52.4 Å². The lowest BCUT2D eigenvalue weighted by atomic mass is 9.79. The molecule has 0 aromatic rings. The van der Waals surface area contributed by atoms with E-state index in [0.29, 0.717) is 5.57 Å². The molecule has 0 amide bonds. The lowest BCUT2D eigenvalue weighted by molar-refractivity contribution is -0.192. The van der Waals surface area contributed by atoms with Gasteiger partial charge in [-0.2, -0.15) is 0 Å². The molecule has 0 heterocycles. The van der Waals surface area contributed by atoms with Gasteiger partial charge in [0.2, 0.25) is 0 Å². The van der Waals surface area contributed by atoms with Crippen LogP contribution in [0.3, 0.4) is 0 Å². The lowest BCUT2D eigenvalue weighted by Gasteiger charge is -2.41. The summed E-state index contributed by atoms with van der Waals surface area (Å²) >= 11 is 0. The highest BCUT2D eigenvalue weighted by Crippen LogP contribution is 2.35. The fourth-order valence-corrected chi connectivity index (χ4v) is 2.62. The fraction of sp³-hybridized carbons (Fsp3) is 0.625. The van der Waals surface area contributed by atoms with E-state index in [2.05, 4.69) is 6.58 Å². The maximum atomic E-state index is 11.4. The quantitative estimate of drug-likeness (QED) is 0.412. The van der Waals surface area contributed by atoms with Crippen molar-refractivity contribution in [2.24, 2.45) is 5.92 Å². The first-order valence-electron chi connectivity index (χ1n) is 7.44. The molecule has 24 heavy (non-hydrogen) atoms. The van der Waals surface area contributed by atoms with Crippen molar-refractivity contribution >= 4 is 23.9 Å². The third-order valence-electron chi connectivity index (χ3n) is 3.41. The molecule has 0 unspecified atom stereocenters. The predicted molar refractivity (Wildman–Crippen MR) is 80.5 cm³/mol. The molecule has 0 N–H and O–H groups in total. The zero-order chi connectivity index (χ0) is 18.4. The molecule has 8 nitrogen and oxygen atoms in total. The van der Waals surface area contributed by atoms with Gasteiger partial charge in [0, 0.05) is 33.6 Å². The summed E-state index contributed by atoms with van der Waals surface area (Å²) in [6.45, 7) is 8.66. The molecule has 1 saturated carbocycles. The highest BCUT2D eigenvalue weighted by Gasteiger charge is 2.47. The Morgan fingerprint density at radius 1 is 0.875 bits per heavy atom. The van der Waals surface area contributed by atoms with Crippen LogP contribution in [0.5, 0.6) is 0 Å². The van der Waals surface area contributed by atoms with Gasteiger partial charge in [-0.3, -0.25) is 19.2 Å². The van der Waals surface area contributed by atoms with E-state index in [1.54, 1.807) is 0 Å². The Kier molecular flexibility index (Phi) is 6.94. The van der Waals surface area contributed by atoms with E-state index < -0.39 is 48.1 Å². The summed E-state index contributed by atoms with van der Waals surface area (Å²) in [6, 6.07) is 0. The molecule has 134 valence electrons. The van der Waals surface area contributed by atoms with E-state index in [0.717, 1.165) is 0 Å². The van der Waals surface area contributed by atoms with E-state index in [4.69, 9.17) is 18.9 Å². The summed E-state index contributed by atoms with van der Waals surface area (Å²) < 4.78 is 20.7. The van der Waals surface area contributed by atoms with Crippen molar-refractivity contribution in [1.82, 2.24) is 0 Å². The van der Waals surface area contributed by atoms with Gasteiger partial charge >= 0.3 is 23.9 Å². The molecule has 0 radical (unpaired) electrons. The second-order valence-corrected chi connectivity index (χ2v) is 5.60. The van der Waals surface area contributed by atoms with Gasteiger partial charge in [0.1, 0.15) is 6.10 Å². The summed E-state index contributed by atoms with van der Waals surface area (Å²) in [6.07, 6.45) is -2.65. The molecule has 4 atom stereocenters. The molecule has 0 aliphatic heterocycles. The number of hydrogen-bond donors (Lipinski definition) is 0. The van der Waals surface area contributed by atoms with Crippen LogP contribution in [0.1, 0.15) is 34.1 Å². The van der Waals surface area contributed by atoms with Crippen molar-refractivity contribution in [3.63, 3.8) is 0 Å². The van der Waals surface area contributed by atoms with Crippen molar-refractivity contribution < 1.29 is 38.1 Å². The van der Waals surface area contributed by atoms with Crippen LogP contribution in [0.4, 0.5) is 0 Å². The van der Waals surface area contributed by atoms with Gasteiger partial charge in [0.15, 0.2) is 12.2 Å². The zero-order valence-electron chi connectivity index (χ0n) is 14.2. The zero-order valence-corrected chi connectivity index (χ0v) is 14.2. The third-order valence-corrected chi connectivity index (χ3v) is 3.41. The van der Waals surface area contributed by atoms with E-state index in [9.17, 15) is 19.2 Å². The first-order valence-corrected chi connectivity index (χ1v) is 7.44. The fourth-order valence-electron chi connectivity index (χ4n) is 2.62. The summed E-state index contributed by atoms with van der Waals surface area (Å²) in [7, 11) is 0. The topological polar surface area (TPSA) is 105 Å². The van der Waals surface area contributed by atoms with Gasteiger partial charge in [-0.05, 0) is 12.0 Å². The number of hydrogen-bond acceptors (Lipinski definition) is 8. The largest absolute Gasteiger partial charge is 0.465 e. The molecule has 1 rings (SSSR count). The van der Waals surface area contributed by atoms with Crippen molar-refractivity contribution in [3.8, 4) is 0 Å². The van der Waals surface area contributed by atoms with Crippen LogP contribution in [-0.2, 0) is 38.1 Å². The number of rotatable bonds is 5. The molecule has 0 aromatic carbocycles. The van der Waals surface area contributed by atoms with Crippen LogP contribution in [0.25, 0.3) is 0 Å². The molecule has 1 fully saturated rings. The van der Waals surface area contributed by atoms with Crippen LogP contribution < -0.4 is 0 Å². The van der Waals surface area contributed by atoms with Gasteiger partial charge < -0.3 is 18.9 Å². The predicted octanol–water partition coefficient (Wildman–Crippen LogP) is 0.921. The Hall–Kier alpha value is -2.38. The monoisotopic (exact) mass is 342 g/mol. The number of carbonyl (C=O) groups excluding carboxylic acids is 4. The molecular weight excluding hydrogens is 320 g/mol. The lowest BCUT2D eigenvalue weighted by Crippen LogP contribution is -2.54. The summed E-state index contributed by atoms with van der Waals surface area (Å²) in [5.41, 5.74) is 0.483. The van der Waals surface area contributed by atoms with Crippen molar-refractivity contribution in [2.75, 3.05) is 6.61 Å². The minimum Gasteiger partial charge on any atom is -0.465 e. The molecular formula is C16H22O8. The Bertz CT molecular complexity index is 538. The van der Waals surface area contributed by atoms with Gasteiger partial charge in [-0.15, -0.1) is 0 Å². The van der Waals surface area contributed by atoms with Gasteiger partial charge in [-0.25, -0.2) is 0 Å². The third kappa shape index (κ3) is 5.68. The smallest absolute Gasteiger partial charge is 0.303 e. The SMILES string of the molecule is C=C1C[C@H](COC(C)=O)[C@@H](OC(C)=O)[C@H](OC(C)=O)[C@H]1OC(C)=O. The number of ether oxygens (including phenoxy) is 4. The maximum absolute atomic E-state index is 11.4. The Morgan fingerprint density at radius 3 is 1.83 bits per heavy atom. The van der Waals surface area contributed by atoms with E-state index >= 15 is 0 Å². The molecule has 0 saturated heterocycles. The van der Waals surface area contributed by atoms with Crippen LogP contribution in [0.15, 0.2) is 12.2 Å². The standard InChI is InChI=1S/C16H22O8/c1-8-6-13(7-21-9(2)17)15(23-11(4)19)16(24-12(5)20)14(8)22-10(3)18/h13-16H,1,6-7H2,2-5H3/t13-,14+,15-,16-/m1/s1. The normalized spacial score (nSPS) is 26.2. The minimum atomic E-state index is -1.06. The highest BCUT2D eigenvalue weighted by molar-refractivity contribution is 5.69. The summed E-state index contributed by atoms with van der Waals surface area (Å²) in [5, 5.41) is 0. The van der Waals surface area contributed by atoms with E-state index in [-0.39, 0.29) is 13.0 Å². The van der Waals surface area contributed by atoms with Crippen LogP contribution in [-0.4, -0.2) is 48.8 Å².